The van der Waals surface area contributed by atoms with Crippen molar-refractivity contribution in [3.05, 3.63) is 76.9 Å². The Morgan fingerprint density at radius 1 is 0.922 bits per heavy atom. The van der Waals surface area contributed by atoms with Crippen LogP contribution in [0.1, 0.15) is 89.2 Å². The molecule has 1 aliphatic heterocycles. The SMILES string of the molecule is CC1(C)COC2(CCC3=C4C(CCC3(O)C2)C2CC[C@@](O)(C(F)(F)C(F)(F)F)[C@@]2(C)C[C@@H]4c2ccc(COC(=O)Nc3ccccc3)cc2)OC1. The second-order valence-corrected chi connectivity index (χ2v) is 16.5. The van der Waals surface area contributed by atoms with E-state index in [-0.39, 0.29) is 37.7 Å². The Kier molecular flexibility index (Phi) is 8.72. The van der Waals surface area contributed by atoms with Gasteiger partial charge in [0.15, 0.2) is 5.79 Å². The van der Waals surface area contributed by atoms with Crippen LogP contribution in [0.2, 0.25) is 0 Å². The van der Waals surface area contributed by atoms with Crippen molar-refractivity contribution in [2.45, 2.75) is 114 Å². The first-order chi connectivity index (χ1) is 23.8. The molecule has 1 amide bonds. The lowest BCUT2D eigenvalue weighted by molar-refractivity contribution is -0.362. The molecule has 1 spiro atoms. The molecule has 1 saturated heterocycles. The third kappa shape index (κ3) is 5.98. The minimum Gasteiger partial charge on any atom is -0.444 e. The standard InChI is InChI=1S/C39H46F5NO6/c1-33(2)22-50-36(51-23-33)17-14-30-31-27(13-16-35(30,47)21-36)29-15-18-37(48,38(40,41)39(42,43)44)34(29,3)19-28(31)25-11-9-24(10-12-25)20-49-32(46)45-26-7-5-4-6-8-26/h4-12,27-29,47-48H,13-23H2,1-3H3,(H,45,46)/t27?,28-,29?,34+,35?,37+/m1/s1. The van der Waals surface area contributed by atoms with Crippen LogP contribution < -0.4 is 5.32 Å². The number of aliphatic hydroxyl groups is 2. The number of halogens is 5. The second kappa shape index (κ2) is 12.2. The quantitative estimate of drug-likeness (QED) is 0.212. The largest absolute Gasteiger partial charge is 0.456 e. The van der Waals surface area contributed by atoms with Gasteiger partial charge in [-0.3, -0.25) is 5.32 Å². The van der Waals surface area contributed by atoms with Gasteiger partial charge in [-0.1, -0.05) is 68.8 Å². The molecule has 0 radical (unpaired) electrons. The molecule has 7 rings (SSSR count). The number of hydrogen-bond acceptors (Lipinski definition) is 6. The predicted molar refractivity (Wildman–Crippen MR) is 178 cm³/mol. The van der Waals surface area contributed by atoms with Crippen LogP contribution >= 0.6 is 0 Å². The number of rotatable bonds is 5. The van der Waals surface area contributed by atoms with Gasteiger partial charge in [0, 0.05) is 35.3 Å². The van der Waals surface area contributed by atoms with E-state index in [0.717, 1.165) is 11.1 Å². The number of nitrogens with one attached hydrogen (secondary N) is 1. The smallest absolute Gasteiger partial charge is 0.444 e. The third-order valence-corrected chi connectivity index (χ3v) is 12.7. The van der Waals surface area contributed by atoms with Crippen LogP contribution in [0.25, 0.3) is 0 Å². The molecular formula is C39H46F5NO6. The molecule has 6 atom stereocenters. The predicted octanol–water partition coefficient (Wildman–Crippen LogP) is 8.66. The van der Waals surface area contributed by atoms with Gasteiger partial charge in [-0.05, 0) is 79.2 Å². The molecule has 2 aromatic carbocycles. The fourth-order valence-corrected chi connectivity index (χ4v) is 9.98. The topological polar surface area (TPSA) is 97.3 Å². The first kappa shape index (κ1) is 36.3. The van der Waals surface area contributed by atoms with Gasteiger partial charge in [0.05, 0.1) is 18.8 Å². The number of benzene rings is 2. The zero-order chi connectivity index (χ0) is 36.7. The van der Waals surface area contributed by atoms with Crippen LogP contribution in [0, 0.1) is 22.7 Å². The minimum atomic E-state index is -5.93. The molecular weight excluding hydrogens is 673 g/mol. The van der Waals surface area contributed by atoms with Crippen LogP contribution in [0.3, 0.4) is 0 Å². The Morgan fingerprint density at radius 3 is 2.24 bits per heavy atom. The average molecular weight is 720 g/mol. The highest BCUT2D eigenvalue weighted by Gasteiger charge is 2.79. The van der Waals surface area contributed by atoms with E-state index in [2.05, 4.69) is 5.32 Å². The Bertz CT molecular complexity index is 1670. The van der Waals surface area contributed by atoms with Gasteiger partial charge < -0.3 is 24.4 Å². The summed E-state index contributed by atoms with van der Waals surface area (Å²) in [5, 5.41) is 26.6. The summed E-state index contributed by atoms with van der Waals surface area (Å²) in [5.74, 6) is -7.99. The van der Waals surface area contributed by atoms with Crippen LogP contribution in [0.15, 0.2) is 65.7 Å². The summed E-state index contributed by atoms with van der Waals surface area (Å²) in [4.78, 5) is 12.4. The summed E-state index contributed by atoms with van der Waals surface area (Å²) < 4.78 is 90.7. The van der Waals surface area contributed by atoms with Gasteiger partial charge in [-0.25, -0.2) is 4.79 Å². The molecule has 7 nitrogen and oxygen atoms in total. The second-order valence-electron chi connectivity index (χ2n) is 16.5. The fourth-order valence-electron chi connectivity index (χ4n) is 9.98. The number of carbonyl (C=O) groups is 1. The van der Waals surface area contributed by atoms with Crippen LogP contribution in [-0.4, -0.2) is 58.6 Å². The molecule has 0 aromatic heterocycles. The Labute approximate surface area is 294 Å². The molecule has 5 aliphatic rings. The molecule has 3 saturated carbocycles. The zero-order valence-electron chi connectivity index (χ0n) is 29.1. The Hall–Kier alpha value is -3.06. The van der Waals surface area contributed by atoms with Crippen molar-refractivity contribution in [2.24, 2.45) is 22.7 Å². The van der Waals surface area contributed by atoms with E-state index in [0.29, 0.717) is 49.3 Å². The lowest BCUT2D eigenvalue weighted by Gasteiger charge is -2.59. The van der Waals surface area contributed by atoms with E-state index in [9.17, 15) is 28.2 Å². The van der Waals surface area contributed by atoms with E-state index in [4.69, 9.17) is 14.2 Å². The fraction of sp³-hybridized carbons (Fsp3) is 0.615. The van der Waals surface area contributed by atoms with Crippen molar-refractivity contribution in [3.8, 4) is 0 Å². The zero-order valence-corrected chi connectivity index (χ0v) is 29.1. The molecule has 4 aliphatic carbocycles. The minimum absolute atomic E-state index is 0.0117. The van der Waals surface area contributed by atoms with Crippen molar-refractivity contribution < 1.29 is 51.2 Å². The summed E-state index contributed by atoms with van der Waals surface area (Å²) in [7, 11) is 0. The lowest BCUT2D eigenvalue weighted by atomic mass is 9.49. The highest BCUT2D eigenvalue weighted by molar-refractivity contribution is 5.84. The Morgan fingerprint density at radius 2 is 1.59 bits per heavy atom. The van der Waals surface area contributed by atoms with Gasteiger partial charge in [0.2, 0.25) is 0 Å². The maximum atomic E-state index is 15.4. The highest BCUT2D eigenvalue weighted by Crippen LogP contribution is 2.71. The molecule has 12 heteroatoms. The number of carbonyl (C=O) groups excluding carboxylic acids is 1. The number of allylic oxidation sites excluding steroid dienone is 1. The van der Waals surface area contributed by atoms with Crippen LogP contribution in [-0.2, 0) is 20.8 Å². The first-order valence-corrected chi connectivity index (χ1v) is 17.8. The van der Waals surface area contributed by atoms with Crippen molar-refractivity contribution in [3.63, 3.8) is 0 Å². The van der Waals surface area contributed by atoms with Gasteiger partial charge in [-0.2, -0.15) is 22.0 Å². The molecule has 0 bridgehead atoms. The normalized spacial score (nSPS) is 34.4. The number of ether oxygens (including phenoxy) is 3. The highest BCUT2D eigenvalue weighted by atomic mass is 19.4. The molecule has 2 aromatic rings. The summed E-state index contributed by atoms with van der Waals surface area (Å²) in [6.07, 6.45) is -5.66. The van der Waals surface area contributed by atoms with Crippen molar-refractivity contribution in [1.29, 1.82) is 0 Å². The molecule has 3 unspecified atom stereocenters. The van der Waals surface area contributed by atoms with Gasteiger partial charge in [0.1, 0.15) is 12.2 Å². The van der Waals surface area contributed by atoms with Crippen LogP contribution in [0.4, 0.5) is 32.4 Å². The van der Waals surface area contributed by atoms with Gasteiger partial charge in [-0.15, -0.1) is 0 Å². The molecule has 1 heterocycles. The maximum absolute atomic E-state index is 15.4. The summed E-state index contributed by atoms with van der Waals surface area (Å²) in [6.45, 7) is 6.36. The van der Waals surface area contributed by atoms with E-state index < -0.39 is 64.8 Å². The third-order valence-electron chi connectivity index (χ3n) is 12.7. The number of anilines is 1. The number of para-hydroxylation sites is 1. The number of fused-ring (bicyclic) bond motifs is 4. The van der Waals surface area contributed by atoms with E-state index in [1.165, 1.54) is 6.92 Å². The lowest BCUT2D eigenvalue weighted by Crippen LogP contribution is -2.65. The van der Waals surface area contributed by atoms with Crippen molar-refractivity contribution in [1.82, 2.24) is 0 Å². The monoisotopic (exact) mass is 719 g/mol. The maximum Gasteiger partial charge on any atom is 0.456 e. The Balaban J connectivity index is 1.23. The summed E-state index contributed by atoms with van der Waals surface area (Å²) in [5.41, 5.74) is -3.02. The summed E-state index contributed by atoms with van der Waals surface area (Å²) >= 11 is 0. The summed E-state index contributed by atoms with van der Waals surface area (Å²) in [6, 6.07) is 15.8. The first-order valence-electron chi connectivity index (χ1n) is 17.8. The average Bonchev–Trinajstić information content (AvgIpc) is 3.36. The van der Waals surface area contributed by atoms with E-state index >= 15 is 8.78 Å². The molecule has 4 fully saturated rings. The van der Waals surface area contributed by atoms with Gasteiger partial charge in [0.25, 0.3) is 0 Å². The van der Waals surface area contributed by atoms with E-state index in [1.807, 2.05) is 19.9 Å². The molecule has 3 N–H and O–H groups in total. The number of alkyl halides is 5. The van der Waals surface area contributed by atoms with Crippen LogP contribution in [0.5, 0.6) is 0 Å². The number of hydrogen-bond donors (Lipinski definition) is 3. The van der Waals surface area contributed by atoms with E-state index in [1.54, 1.807) is 48.5 Å². The number of amides is 1. The molecule has 51 heavy (non-hydrogen) atoms. The molecule has 278 valence electrons. The van der Waals surface area contributed by atoms with Crippen molar-refractivity contribution in [2.75, 3.05) is 18.5 Å². The van der Waals surface area contributed by atoms with Gasteiger partial charge >= 0.3 is 18.2 Å². The van der Waals surface area contributed by atoms with Crippen molar-refractivity contribution >= 4 is 11.8 Å².